The van der Waals surface area contributed by atoms with E-state index in [1.54, 1.807) is 13.1 Å². The standard InChI is InChI=1S/C10H8BrClN2O2S/c1-14-8(16)4-17-7-2-5(11)9(6(15)3-12)13-10(7)14/h2H,3-4H2,1H3. The SMILES string of the molecule is CN1C(=O)CSc2cc(Br)c(C(=O)CCl)nc21. The predicted octanol–water partition coefficient (Wildman–Crippen LogP) is 2.33. The molecule has 1 amide bonds. The molecular weight excluding hydrogens is 328 g/mol. The van der Waals surface area contributed by atoms with E-state index in [2.05, 4.69) is 20.9 Å². The summed E-state index contributed by atoms with van der Waals surface area (Å²) in [5, 5.41) is 0. The Balaban J connectivity index is 2.54. The number of thioether (sulfide) groups is 1. The maximum Gasteiger partial charge on any atom is 0.238 e. The van der Waals surface area contributed by atoms with E-state index >= 15 is 0 Å². The number of Topliss-reactive ketones (excluding diaryl/α,β-unsaturated/α-hetero) is 1. The molecule has 1 aliphatic rings. The van der Waals surface area contributed by atoms with Gasteiger partial charge in [0.05, 0.1) is 16.5 Å². The lowest BCUT2D eigenvalue weighted by molar-refractivity contribution is -0.116. The Morgan fingerprint density at radius 3 is 3.06 bits per heavy atom. The van der Waals surface area contributed by atoms with Gasteiger partial charge in [-0.1, -0.05) is 0 Å². The van der Waals surface area contributed by atoms with Crippen molar-refractivity contribution in [3.63, 3.8) is 0 Å². The van der Waals surface area contributed by atoms with Crippen molar-refractivity contribution in [3.05, 3.63) is 16.2 Å². The van der Waals surface area contributed by atoms with Crippen molar-refractivity contribution in [1.82, 2.24) is 4.98 Å². The first kappa shape index (κ1) is 12.9. The van der Waals surface area contributed by atoms with Crippen molar-refractivity contribution in [3.8, 4) is 0 Å². The molecule has 1 aromatic heterocycles. The van der Waals surface area contributed by atoms with E-state index in [0.29, 0.717) is 16.0 Å². The fraction of sp³-hybridized carbons (Fsp3) is 0.300. The molecule has 0 bridgehead atoms. The zero-order chi connectivity index (χ0) is 12.6. The Hall–Kier alpha value is -0.590. The minimum absolute atomic E-state index is 0.0263. The summed E-state index contributed by atoms with van der Waals surface area (Å²) in [5.41, 5.74) is 0.265. The number of amides is 1. The third-order valence-electron chi connectivity index (χ3n) is 2.35. The molecule has 17 heavy (non-hydrogen) atoms. The summed E-state index contributed by atoms with van der Waals surface area (Å²) in [7, 11) is 1.65. The van der Waals surface area contributed by atoms with Crippen LogP contribution in [0.5, 0.6) is 0 Å². The molecule has 1 aromatic rings. The van der Waals surface area contributed by atoms with Crippen molar-refractivity contribution in [1.29, 1.82) is 0 Å². The van der Waals surface area contributed by atoms with Gasteiger partial charge in [-0.25, -0.2) is 4.98 Å². The maximum absolute atomic E-state index is 11.6. The second-order valence-electron chi connectivity index (χ2n) is 3.44. The molecule has 90 valence electrons. The third-order valence-corrected chi connectivity index (χ3v) is 4.20. The van der Waals surface area contributed by atoms with Crippen molar-refractivity contribution >= 4 is 56.8 Å². The molecule has 2 rings (SSSR count). The van der Waals surface area contributed by atoms with Gasteiger partial charge in [0.1, 0.15) is 11.5 Å². The first-order chi connectivity index (χ1) is 8.04. The molecular formula is C10H8BrClN2O2S. The summed E-state index contributed by atoms with van der Waals surface area (Å²) >= 11 is 10.2. The molecule has 0 fully saturated rings. The topological polar surface area (TPSA) is 50.3 Å². The highest BCUT2D eigenvalue weighted by Crippen LogP contribution is 2.36. The van der Waals surface area contributed by atoms with E-state index in [1.165, 1.54) is 16.7 Å². The summed E-state index contributed by atoms with van der Waals surface area (Å²) in [6.07, 6.45) is 0. The average molecular weight is 336 g/mol. The smallest absolute Gasteiger partial charge is 0.238 e. The number of carbonyl (C=O) groups excluding carboxylic acids is 2. The van der Waals surface area contributed by atoms with Crippen molar-refractivity contribution in [2.45, 2.75) is 4.90 Å². The molecule has 0 radical (unpaired) electrons. The normalized spacial score (nSPS) is 14.8. The quantitative estimate of drug-likeness (QED) is 0.615. The van der Waals surface area contributed by atoms with Crippen LogP contribution in [0.25, 0.3) is 0 Å². The molecule has 2 heterocycles. The summed E-state index contributed by atoms with van der Waals surface area (Å²) in [4.78, 5) is 29.7. The van der Waals surface area contributed by atoms with Crippen molar-refractivity contribution in [2.75, 3.05) is 23.6 Å². The van der Waals surface area contributed by atoms with Crippen molar-refractivity contribution < 1.29 is 9.59 Å². The summed E-state index contributed by atoms with van der Waals surface area (Å²) in [6, 6.07) is 1.80. The number of pyridine rings is 1. The van der Waals surface area contributed by atoms with Gasteiger partial charge in [0.25, 0.3) is 0 Å². The Kier molecular flexibility index (Phi) is 3.75. The third kappa shape index (κ3) is 2.34. The predicted molar refractivity (Wildman–Crippen MR) is 71.1 cm³/mol. The van der Waals surface area contributed by atoms with Gasteiger partial charge in [-0.05, 0) is 22.0 Å². The first-order valence-corrected chi connectivity index (χ1v) is 7.05. The number of rotatable bonds is 2. The van der Waals surface area contributed by atoms with Gasteiger partial charge in [0.15, 0.2) is 5.78 Å². The summed E-state index contributed by atoms with van der Waals surface area (Å²) < 4.78 is 0.608. The molecule has 4 nitrogen and oxygen atoms in total. The number of fused-ring (bicyclic) bond motifs is 1. The Labute approximate surface area is 116 Å². The molecule has 0 atom stereocenters. The second-order valence-corrected chi connectivity index (χ2v) is 5.58. The van der Waals surface area contributed by atoms with Crippen LogP contribution in [-0.2, 0) is 4.79 Å². The lowest BCUT2D eigenvalue weighted by atomic mass is 10.2. The number of aromatic nitrogens is 1. The Bertz CT molecular complexity index is 509. The number of nitrogens with zero attached hydrogens (tertiary/aromatic N) is 2. The number of hydrogen-bond donors (Lipinski definition) is 0. The van der Waals surface area contributed by atoms with Gasteiger partial charge in [0, 0.05) is 11.5 Å². The fourth-order valence-electron chi connectivity index (χ4n) is 1.42. The largest absolute Gasteiger partial charge is 0.298 e. The number of halogens is 2. The van der Waals surface area contributed by atoms with E-state index < -0.39 is 0 Å². The van der Waals surface area contributed by atoms with E-state index in [9.17, 15) is 9.59 Å². The van der Waals surface area contributed by atoms with Crippen LogP contribution < -0.4 is 4.90 Å². The number of hydrogen-bond acceptors (Lipinski definition) is 4. The van der Waals surface area contributed by atoms with E-state index in [1.807, 2.05) is 0 Å². The molecule has 0 spiro atoms. The second kappa shape index (κ2) is 4.96. The highest BCUT2D eigenvalue weighted by molar-refractivity contribution is 9.10. The van der Waals surface area contributed by atoms with Crippen LogP contribution in [0, 0.1) is 0 Å². The lowest BCUT2D eigenvalue weighted by Crippen LogP contribution is -2.32. The monoisotopic (exact) mass is 334 g/mol. The van der Waals surface area contributed by atoms with Gasteiger partial charge in [-0.2, -0.15) is 0 Å². The van der Waals surface area contributed by atoms with Crippen molar-refractivity contribution in [2.24, 2.45) is 0 Å². The van der Waals surface area contributed by atoms with Crippen LogP contribution in [-0.4, -0.2) is 35.4 Å². The Morgan fingerprint density at radius 2 is 2.41 bits per heavy atom. The molecule has 0 N–H and O–H groups in total. The highest BCUT2D eigenvalue weighted by Gasteiger charge is 2.25. The minimum atomic E-state index is -0.266. The van der Waals surface area contributed by atoms with Gasteiger partial charge in [-0.15, -0.1) is 23.4 Å². The molecule has 0 saturated heterocycles. The zero-order valence-corrected chi connectivity index (χ0v) is 12.0. The zero-order valence-electron chi connectivity index (χ0n) is 8.87. The van der Waals surface area contributed by atoms with Crippen LogP contribution >= 0.6 is 39.3 Å². The van der Waals surface area contributed by atoms with Gasteiger partial charge >= 0.3 is 0 Å². The van der Waals surface area contributed by atoms with E-state index in [4.69, 9.17) is 11.6 Å². The number of anilines is 1. The van der Waals surface area contributed by atoms with Gasteiger partial charge in [0.2, 0.25) is 5.91 Å². The molecule has 1 aliphatic heterocycles. The van der Waals surface area contributed by atoms with Crippen LogP contribution in [0.4, 0.5) is 5.82 Å². The molecule has 0 aliphatic carbocycles. The van der Waals surface area contributed by atoms with Crippen LogP contribution in [0.2, 0.25) is 0 Å². The lowest BCUT2D eigenvalue weighted by Gasteiger charge is -2.24. The van der Waals surface area contributed by atoms with Gasteiger partial charge < -0.3 is 0 Å². The summed E-state index contributed by atoms with van der Waals surface area (Å²) in [6.45, 7) is 0. The Morgan fingerprint density at radius 1 is 1.71 bits per heavy atom. The van der Waals surface area contributed by atoms with Crippen LogP contribution in [0.1, 0.15) is 10.5 Å². The minimum Gasteiger partial charge on any atom is -0.298 e. The van der Waals surface area contributed by atoms with Gasteiger partial charge in [-0.3, -0.25) is 14.5 Å². The molecule has 0 saturated carbocycles. The first-order valence-electron chi connectivity index (χ1n) is 4.73. The summed E-state index contributed by atoms with van der Waals surface area (Å²) in [5.74, 6) is 0.484. The molecule has 0 unspecified atom stereocenters. The number of carbonyl (C=O) groups is 2. The maximum atomic E-state index is 11.6. The number of ketones is 1. The molecule has 7 heteroatoms. The fourth-order valence-corrected chi connectivity index (χ4v) is 3.22. The average Bonchev–Trinajstić information content (AvgIpc) is 2.32. The van der Waals surface area contributed by atoms with Crippen LogP contribution in [0.15, 0.2) is 15.4 Å². The van der Waals surface area contributed by atoms with E-state index in [-0.39, 0.29) is 23.3 Å². The number of alkyl halides is 1. The highest BCUT2D eigenvalue weighted by atomic mass is 79.9. The molecule has 0 aromatic carbocycles. The van der Waals surface area contributed by atoms with E-state index in [0.717, 1.165) is 4.90 Å². The van der Waals surface area contributed by atoms with Crippen LogP contribution in [0.3, 0.4) is 0 Å².